The number of nitrogens with zero attached hydrogens (tertiary/aromatic N) is 1. The van der Waals surface area contributed by atoms with Crippen LogP contribution in [0.25, 0.3) is 0 Å². The van der Waals surface area contributed by atoms with Crippen LogP contribution in [-0.4, -0.2) is 68.5 Å². The molecule has 318 valence electrons. The number of carbonyl (C=O) groups is 1. The number of carbonyl (C=O) groups excluding carboxylic acids is 1. The number of hydrogen-bond donors (Lipinski definition) is 2. The Morgan fingerprint density at radius 2 is 1.07 bits per heavy atom. The largest absolute Gasteiger partial charge is 0.756 e. The first-order valence-corrected chi connectivity index (χ1v) is 23.8. The van der Waals surface area contributed by atoms with Crippen molar-refractivity contribution in [2.24, 2.45) is 0 Å². The molecule has 3 unspecified atom stereocenters. The fraction of sp³-hybridized carbons (Fsp3) is 0.844. The molecular weight excluding hydrogens is 695 g/mol. The van der Waals surface area contributed by atoms with Crippen LogP contribution >= 0.6 is 7.82 Å². The molecule has 0 saturated carbocycles. The lowest BCUT2D eigenvalue weighted by Crippen LogP contribution is -2.45. The third kappa shape index (κ3) is 39.0. The Kier molecular flexibility index (Phi) is 36.4. The van der Waals surface area contributed by atoms with Gasteiger partial charge in [-0.05, 0) is 51.4 Å². The van der Waals surface area contributed by atoms with Gasteiger partial charge in [0.2, 0.25) is 5.91 Å². The summed E-state index contributed by atoms with van der Waals surface area (Å²) < 4.78 is 23.2. The van der Waals surface area contributed by atoms with Crippen molar-refractivity contribution in [2.75, 3.05) is 40.9 Å². The molecule has 0 aromatic rings. The summed E-state index contributed by atoms with van der Waals surface area (Å²) in [6.07, 6.45) is 44.7. The maximum Gasteiger partial charge on any atom is 0.268 e. The number of unbranched alkanes of at least 4 members (excludes halogenated alkanes) is 23. The molecule has 54 heavy (non-hydrogen) atoms. The molecule has 0 heterocycles. The quantitative estimate of drug-likeness (QED) is 0.0277. The number of phosphoric ester groups is 1. The summed E-state index contributed by atoms with van der Waals surface area (Å²) in [5.74, 6) is -0.212. The Labute approximate surface area is 334 Å². The van der Waals surface area contributed by atoms with E-state index in [0.717, 1.165) is 64.2 Å². The molecule has 0 aliphatic heterocycles. The number of likely N-dealkylation sites (N-methyl/N-ethyl adjacent to an activating group) is 1. The van der Waals surface area contributed by atoms with Gasteiger partial charge in [-0.25, -0.2) is 0 Å². The van der Waals surface area contributed by atoms with Gasteiger partial charge in [-0.3, -0.25) is 9.36 Å². The molecule has 0 rings (SSSR count). The fourth-order valence-electron chi connectivity index (χ4n) is 6.24. The number of nitrogens with one attached hydrogen (secondary N) is 1. The van der Waals surface area contributed by atoms with Crippen molar-refractivity contribution in [1.29, 1.82) is 0 Å². The minimum Gasteiger partial charge on any atom is -0.756 e. The monoisotopic (exact) mass is 783 g/mol. The maximum absolute atomic E-state index is 12.8. The van der Waals surface area contributed by atoms with E-state index in [9.17, 15) is 19.4 Å². The minimum atomic E-state index is -4.59. The fourth-order valence-corrected chi connectivity index (χ4v) is 6.96. The summed E-state index contributed by atoms with van der Waals surface area (Å²) in [7, 11) is 1.25. The topological polar surface area (TPSA) is 108 Å². The minimum absolute atomic E-state index is 0.00413. The van der Waals surface area contributed by atoms with Gasteiger partial charge in [-0.15, -0.1) is 0 Å². The van der Waals surface area contributed by atoms with Crippen LogP contribution < -0.4 is 10.2 Å². The third-order valence-corrected chi connectivity index (χ3v) is 10.8. The van der Waals surface area contributed by atoms with Crippen LogP contribution in [0.1, 0.15) is 194 Å². The van der Waals surface area contributed by atoms with E-state index in [-0.39, 0.29) is 19.1 Å². The zero-order valence-electron chi connectivity index (χ0n) is 35.9. The van der Waals surface area contributed by atoms with Crippen molar-refractivity contribution in [3.05, 3.63) is 36.5 Å². The predicted molar refractivity (Wildman–Crippen MR) is 228 cm³/mol. The second-order valence-electron chi connectivity index (χ2n) is 16.4. The number of quaternary nitrogens is 1. The van der Waals surface area contributed by atoms with Crippen LogP contribution in [0.5, 0.6) is 0 Å². The molecule has 0 radical (unpaired) electrons. The maximum atomic E-state index is 12.8. The average molecular weight is 783 g/mol. The molecule has 0 aliphatic carbocycles. The van der Waals surface area contributed by atoms with Gasteiger partial charge in [0.15, 0.2) is 0 Å². The molecule has 0 saturated heterocycles. The van der Waals surface area contributed by atoms with Crippen molar-refractivity contribution < 1.29 is 32.9 Å². The van der Waals surface area contributed by atoms with E-state index in [0.29, 0.717) is 17.4 Å². The summed E-state index contributed by atoms with van der Waals surface area (Å²) in [6.45, 7) is 4.60. The van der Waals surface area contributed by atoms with Crippen molar-refractivity contribution in [3.8, 4) is 0 Å². The first-order valence-electron chi connectivity index (χ1n) is 22.4. The Morgan fingerprint density at radius 1 is 0.648 bits per heavy atom. The van der Waals surface area contributed by atoms with E-state index in [1.54, 1.807) is 6.08 Å². The number of rotatable bonds is 40. The van der Waals surface area contributed by atoms with Gasteiger partial charge in [-0.2, -0.15) is 0 Å². The molecule has 0 fully saturated rings. The Balaban J connectivity index is 4.46. The molecule has 0 aromatic heterocycles. The van der Waals surface area contributed by atoms with Crippen LogP contribution in [-0.2, 0) is 18.4 Å². The molecule has 9 heteroatoms. The van der Waals surface area contributed by atoms with Gasteiger partial charge in [0.1, 0.15) is 13.2 Å². The molecule has 0 bridgehead atoms. The van der Waals surface area contributed by atoms with E-state index in [1.807, 2.05) is 27.2 Å². The number of phosphoric acid groups is 1. The highest BCUT2D eigenvalue weighted by atomic mass is 31.2. The second kappa shape index (κ2) is 37.3. The van der Waals surface area contributed by atoms with Crippen LogP contribution in [0, 0.1) is 0 Å². The normalized spacial score (nSPS) is 14.7. The smallest absolute Gasteiger partial charge is 0.268 e. The van der Waals surface area contributed by atoms with Crippen LogP contribution in [0.2, 0.25) is 0 Å². The van der Waals surface area contributed by atoms with E-state index >= 15 is 0 Å². The number of amides is 1. The van der Waals surface area contributed by atoms with Crippen LogP contribution in [0.15, 0.2) is 36.5 Å². The van der Waals surface area contributed by atoms with Gasteiger partial charge in [0.05, 0.1) is 39.9 Å². The standard InChI is InChI=1S/C45H87N2O6P/c1-6-8-10-12-14-16-18-20-22-23-25-26-28-30-32-34-36-38-44(48)43(42-53-54(50,51)52-41-40-47(3,4)5)46-45(49)39-37-35-33-31-29-27-24-21-19-17-15-13-11-9-7-2/h15,17,21,24,36,38,43-44,48H,6-14,16,18-20,22-23,25-35,37,39-42H2,1-5H3,(H-,46,49,50,51)/b17-15-,24-21-,38-36+. The summed E-state index contributed by atoms with van der Waals surface area (Å²) >= 11 is 0. The first-order chi connectivity index (χ1) is 26.0. The van der Waals surface area contributed by atoms with Gasteiger partial charge in [0, 0.05) is 6.42 Å². The van der Waals surface area contributed by atoms with Gasteiger partial charge in [-0.1, -0.05) is 172 Å². The van der Waals surface area contributed by atoms with Crippen molar-refractivity contribution >= 4 is 13.7 Å². The Bertz CT molecular complexity index is 980. The lowest BCUT2D eigenvalue weighted by Gasteiger charge is -2.29. The lowest BCUT2D eigenvalue weighted by atomic mass is 10.0. The molecule has 0 spiro atoms. The summed E-state index contributed by atoms with van der Waals surface area (Å²) in [5, 5.41) is 13.8. The molecule has 3 atom stereocenters. The number of aliphatic hydroxyl groups excluding tert-OH is 1. The molecule has 0 aromatic carbocycles. The van der Waals surface area contributed by atoms with E-state index in [4.69, 9.17) is 9.05 Å². The predicted octanol–water partition coefficient (Wildman–Crippen LogP) is 11.7. The van der Waals surface area contributed by atoms with Crippen molar-refractivity contribution in [1.82, 2.24) is 5.32 Å². The van der Waals surface area contributed by atoms with Gasteiger partial charge >= 0.3 is 0 Å². The van der Waals surface area contributed by atoms with Gasteiger partial charge < -0.3 is 28.8 Å². The number of allylic oxidation sites excluding steroid dienone is 5. The number of hydrogen-bond acceptors (Lipinski definition) is 6. The third-order valence-electron chi connectivity index (χ3n) is 9.84. The summed E-state index contributed by atoms with van der Waals surface area (Å²) in [5.41, 5.74) is 0. The van der Waals surface area contributed by atoms with Crippen LogP contribution in [0.3, 0.4) is 0 Å². The highest BCUT2D eigenvalue weighted by Gasteiger charge is 2.23. The molecule has 8 nitrogen and oxygen atoms in total. The average Bonchev–Trinajstić information content (AvgIpc) is 3.12. The molecule has 1 amide bonds. The zero-order chi connectivity index (χ0) is 40.0. The summed E-state index contributed by atoms with van der Waals surface area (Å²) in [6, 6.07) is -0.892. The second-order valence-corrected chi connectivity index (χ2v) is 17.8. The van der Waals surface area contributed by atoms with Gasteiger partial charge in [0.25, 0.3) is 7.82 Å². The Hall–Kier alpha value is -1.28. The zero-order valence-corrected chi connectivity index (χ0v) is 36.8. The Morgan fingerprint density at radius 3 is 1.57 bits per heavy atom. The molecule has 0 aliphatic rings. The number of aliphatic hydroxyl groups is 1. The van der Waals surface area contributed by atoms with E-state index in [1.165, 1.54) is 109 Å². The van der Waals surface area contributed by atoms with Crippen molar-refractivity contribution in [2.45, 2.75) is 206 Å². The lowest BCUT2D eigenvalue weighted by molar-refractivity contribution is -0.870. The summed E-state index contributed by atoms with van der Waals surface area (Å²) in [4.78, 5) is 25.3. The first kappa shape index (κ1) is 52.7. The highest BCUT2D eigenvalue weighted by molar-refractivity contribution is 7.45. The SMILES string of the molecule is CCCCC/C=C\C/C=C\CCCCCCCC(=O)NC(COP(=O)([O-])OCC[N+](C)(C)C)C(O)/C=C/CCCCCCCCCCCCCCCCC. The molecule has 2 N–H and O–H groups in total. The van der Waals surface area contributed by atoms with Crippen LogP contribution in [0.4, 0.5) is 0 Å². The van der Waals surface area contributed by atoms with E-state index in [2.05, 4.69) is 43.5 Å². The van der Waals surface area contributed by atoms with Crippen molar-refractivity contribution in [3.63, 3.8) is 0 Å². The van der Waals surface area contributed by atoms with E-state index < -0.39 is 20.0 Å². The highest BCUT2D eigenvalue weighted by Crippen LogP contribution is 2.38. The molecular formula is C45H87N2O6P.